The van der Waals surface area contributed by atoms with Crippen LogP contribution in [-0.2, 0) is 4.74 Å². The zero-order valence-corrected chi connectivity index (χ0v) is 21.1. The van der Waals surface area contributed by atoms with E-state index < -0.39 is 0 Å². The fraction of sp³-hybridized carbons (Fsp3) is 0.586. The number of nitrogens with zero attached hydrogens (tertiary/aromatic N) is 2. The van der Waals surface area contributed by atoms with Crippen LogP contribution in [0.2, 0.25) is 0 Å². The van der Waals surface area contributed by atoms with Crippen molar-refractivity contribution in [2.45, 2.75) is 97.5 Å². The summed E-state index contributed by atoms with van der Waals surface area (Å²) in [6, 6.07) is 8.38. The van der Waals surface area contributed by atoms with Crippen LogP contribution in [0.15, 0.2) is 42.7 Å². The summed E-state index contributed by atoms with van der Waals surface area (Å²) < 4.78 is 11.4. The molecule has 1 aromatic heterocycles. The topological polar surface area (TPSA) is 44.2 Å². The summed E-state index contributed by atoms with van der Waals surface area (Å²) in [5, 5.41) is 0. The average molecular weight is 453 g/mol. The number of benzene rings is 1. The van der Waals surface area contributed by atoms with Gasteiger partial charge in [0.25, 0.3) is 0 Å². The smallest absolute Gasteiger partial charge is 0.159 e. The molecule has 0 bridgehead atoms. The molecule has 4 nitrogen and oxygen atoms in total. The van der Waals surface area contributed by atoms with Crippen molar-refractivity contribution in [1.82, 2.24) is 9.97 Å². The monoisotopic (exact) mass is 452 g/mol. The van der Waals surface area contributed by atoms with Crippen LogP contribution in [-0.4, -0.2) is 29.3 Å². The van der Waals surface area contributed by atoms with Crippen molar-refractivity contribution in [3.8, 4) is 17.1 Å². The van der Waals surface area contributed by atoms with Gasteiger partial charge in [-0.3, -0.25) is 0 Å². The van der Waals surface area contributed by atoms with E-state index in [9.17, 15) is 0 Å². The highest BCUT2D eigenvalue weighted by molar-refractivity contribution is 5.59. The number of ether oxygens (including phenoxy) is 2. The third-order valence-electron chi connectivity index (χ3n) is 5.81. The predicted molar refractivity (Wildman–Crippen MR) is 140 cm³/mol. The number of rotatable bonds is 18. The molecule has 0 saturated heterocycles. The first kappa shape index (κ1) is 27.0. The molecule has 0 aliphatic heterocycles. The van der Waals surface area contributed by atoms with Crippen LogP contribution in [0.3, 0.4) is 0 Å². The van der Waals surface area contributed by atoms with Crippen LogP contribution in [0.4, 0.5) is 0 Å². The summed E-state index contributed by atoms with van der Waals surface area (Å²) in [7, 11) is 0. The molecule has 1 heterocycles. The zero-order chi connectivity index (χ0) is 23.6. The highest BCUT2D eigenvalue weighted by Crippen LogP contribution is 2.18. The Morgan fingerprint density at radius 1 is 0.848 bits per heavy atom. The second kappa shape index (κ2) is 17.3. The lowest BCUT2D eigenvalue weighted by Crippen LogP contribution is -2.06. The van der Waals surface area contributed by atoms with Gasteiger partial charge in [0, 0.05) is 12.2 Å². The molecule has 0 spiro atoms. The Hall–Kier alpha value is -2.20. The lowest BCUT2D eigenvalue weighted by molar-refractivity contribution is 0.0691. The maximum atomic E-state index is 5.81. The molecule has 0 fully saturated rings. The quantitative estimate of drug-likeness (QED) is 0.213. The Morgan fingerprint density at radius 3 is 2.18 bits per heavy atom. The van der Waals surface area contributed by atoms with Gasteiger partial charge in [-0.1, -0.05) is 88.3 Å². The number of aromatic nitrogens is 2. The van der Waals surface area contributed by atoms with E-state index in [0.29, 0.717) is 6.10 Å². The molecule has 1 unspecified atom stereocenters. The molecule has 2 rings (SSSR count). The fourth-order valence-electron chi connectivity index (χ4n) is 3.82. The summed E-state index contributed by atoms with van der Waals surface area (Å²) in [5.41, 5.74) is 2.22. The molecule has 0 radical (unpaired) electrons. The molecule has 0 aliphatic carbocycles. The van der Waals surface area contributed by atoms with Crippen molar-refractivity contribution in [3.05, 3.63) is 48.3 Å². The minimum atomic E-state index is 0.351. The number of unbranched alkanes of at least 4 members (excludes halogenated alkanes) is 8. The minimum Gasteiger partial charge on any atom is -0.490 e. The van der Waals surface area contributed by atoms with Crippen molar-refractivity contribution in [3.63, 3.8) is 0 Å². The number of hydrogen-bond donors (Lipinski definition) is 0. The first-order valence-corrected chi connectivity index (χ1v) is 13.1. The third-order valence-corrected chi connectivity index (χ3v) is 5.81. The van der Waals surface area contributed by atoms with Gasteiger partial charge in [-0.05, 0) is 45.1 Å². The standard InChI is InChI=1S/C29H44N2O2/c1-4-6-7-8-9-10-11-15-22-33-28-23-30-29(31-24-28)27-20-18-26(19-21-27)17-14-12-13-16-25(3)32-5-2/h14,17-21,23-25H,4-13,15-16,22H2,1-3H3/b17-14+. The van der Waals surface area contributed by atoms with Crippen molar-refractivity contribution in [2.24, 2.45) is 0 Å². The molecule has 4 heteroatoms. The van der Waals surface area contributed by atoms with Gasteiger partial charge in [0.2, 0.25) is 0 Å². The largest absolute Gasteiger partial charge is 0.490 e. The van der Waals surface area contributed by atoms with Crippen molar-refractivity contribution < 1.29 is 9.47 Å². The lowest BCUT2D eigenvalue weighted by atomic mass is 10.1. The molecule has 0 saturated carbocycles. The van der Waals surface area contributed by atoms with Crippen molar-refractivity contribution >= 4 is 6.08 Å². The molecular formula is C29H44N2O2. The van der Waals surface area contributed by atoms with Gasteiger partial charge in [-0.15, -0.1) is 0 Å². The zero-order valence-electron chi connectivity index (χ0n) is 21.1. The van der Waals surface area contributed by atoms with Crippen LogP contribution in [0, 0.1) is 0 Å². The van der Waals surface area contributed by atoms with Crippen LogP contribution in [0.25, 0.3) is 17.5 Å². The Morgan fingerprint density at radius 2 is 1.52 bits per heavy atom. The van der Waals surface area contributed by atoms with E-state index in [-0.39, 0.29) is 0 Å². The summed E-state index contributed by atoms with van der Waals surface area (Å²) in [4.78, 5) is 8.98. The SMILES string of the molecule is CCCCCCCCCCOc1cnc(-c2ccc(/C=C/CCCC(C)OCC)cc2)nc1. The number of allylic oxidation sites excluding steroid dienone is 1. The summed E-state index contributed by atoms with van der Waals surface area (Å²) in [6.07, 6.45) is 22.1. The Balaban J connectivity index is 1.66. The van der Waals surface area contributed by atoms with Gasteiger partial charge < -0.3 is 9.47 Å². The van der Waals surface area contributed by atoms with Gasteiger partial charge >= 0.3 is 0 Å². The van der Waals surface area contributed by atoms with Crippen molar-refractivity contribution in [2.75, 3.05) is 13.2 Å². The molecule has 182 valence electrons. The van der Waals surface area contributed by atoms with Gasteiger partial charge in [0.1, 0.15) is 0 Å². The van der Waals surface area contributed by atoms with Gasteiger partial charge in [-0.25, -0.2) is 9.97 Å². The van der Waals surface area contributed by atoms with Crippen LogP contribution >= 0.6 is 0 Å². The average Bonchev–Trinajstić information content (AvgIpc) is 2.84. The van der Waals surface area contributed by atoms with E-state index in [2.05, 4.69) is 60.2 Å². The summed E-state index contributed by atoms with van der Waals surface area (Å²) in [6.45, 7) is 7.98. The highest BCUT2D eigenvalue weighted by Gasteiger charge is 2.03. The van der Waals surface area contributed by atoms with E-state index in [1.54, 1.807) is 12.4 Å². The van der Waals surface area contributed by atoms with Gasteiger partial charge in [0.15, 0.2) is 11.6 Å². The number of hydrogen-bond acceptors (Lipinski definition) is 4. The van der Waals surface area contributed by atoms with E-state index in [1.807, 2.05) is 6.92 Å². The second-order valence-corrected chi connectivity index (χ2v) is 8.79. The van der Waals surface area contributed by atoms with Crippen molar-refractivity contribution in [1.29, 1.82) is 0 Å². The third kappa shape index (κ3) is 12.0. The van der Waals surface area contributed by atoms with Crippen LogP contribution in [0.5, 0.6) is 5.75 Å². The molecule has 1 aromatic carbocycles. The first-order chi connectivity index (χ1) is 16.2. The van der Waals surface area contributed by atoms with Crippen LogP contribution < -0.4 is 4.74 Å². The van der Waals surface area contributed by atoms with E-state index in [4.69, 9.17) is 9.47 Å². The predicted octanol–water partition coefficient (Wildman–Crippen LogP) is 8.27. The normalized spacial score (nSPS) is 12.3. The molecule has 1 atom stereocenters. The molecule has 2 aromatic rings. The molecule has 0 aliphatic rings. The van der Waals surface area contributed by atoms with E-state index >= 15 is 0 Å². The second-order valence-electron chi connectivity index (χ2n) is 8.79. The molecular weight excluding hydrogens is 408 g/mol. The first-order valence-electron chi connectivity index (χ1n) is 13.1. The molecule has 0 N–H and O–H groups in total. The summed E-state index contributed by atoms with van der Waals surface area (Å²) in [5.74, 6) is 1.48. The minimum absolute atomic E-state index is 0.351. The maximum Gasteiger partial charge on any atom is 0.159 e. The van der Waals surface area contributed by atoms with E-state index in [1.165, 1.54) is 50.5 Å². The van der Waals surface area contributed by atoms with E-state index in [0.717, 1.165) is 56.0 Å². The molecule has 33 heavy (non-hydrogen) atoms. The lowest BCUT2D eigenvalue weighted by Gasteiger charge is -2.09. The maximum absolute atomic E-state index is 5.81. The van der Waals surface area contributed by atoms with Crippen LogP contribution in [0.1, 0.15) is 97.0 Å². The Kier molecular flexibility index (Phi) is 14.2. The Labute approximate surface area is 201 Å². The van der Waals surface area contributed by atoms with Gasteiger partial charge in [-0.2, -0.15) is 0 Å². The highest BCUT2D eigenvalue weighted by atomic mass is 16.5. The Bertz CT molecular complexity index is 756. The van der Waals surface area contributed by atoms with Gasteiger partial charge in [0.05, 0.1) is 25.1 Å². The summed E-state index contributed by atoms with van der Waals surface area (Å²) >= 11 is 0. The molecule has 0 amide bonds. The fourth-order valence-corrected chi connectivity index (χ4v) is 3.82.